The summed E-state index contributed by atoms with van der Waals surface area (Å²) in [6.07, 6.45) is 3.37. The highest BCUT2D eigenvalue weighted by molar-refractivity contribution is 5.63. The quantitative estimate of drug-likeness (QED) is 0.617. The monoisotopic (exact) mass is 160 g/mol. The molecule has 0 heteroatoms. The Morgan fingerprint density at radius 1 is 1.25 bits per heavy atom. The molecule has 1 rings (SSSR count). The van der Waals surface area contributed by atoms with Crippen molar-refractivity contribution in [2.45, 2.75) is 27.2 Å². The first kappa shape index (κ1) is 9.05. The van der Waals surface area contributed by atoms with Crippen LogP contribution in [0.25, 0.3) is 5.57 Å². The molecule has 1 aromatic rings. The summed E-state index contributed by atoms with van der Waals surface area (Å²) in [4.78, 5) is 0. The zero-order valence-corrected chi connectivity index (χ0v) is 8.09. The van der Waals surface area contributed by atoms with Gasteiger partial charge in [-0.2, -0.15) is 0 Å². The number of allylic oxidation sites excluding steroid dienone is 2. The number of aryl methyl sites for hydroxylation is 1. The fourth-order valence-electron chi connectivity index (χ4n) is 1.24. The largest absolute Gasteiger partial charge is 0.0813 e. The smallest absolute Gasteiger partial charge is 0.0230 e. The summed E-state index contributed by atoms with van der Waals surface area (Å²) >= 11 is 0. The van der Waals surface area contributed by atoms with Gasteiger partial charge in [-0.05, 0) is 31.4 Å². The molecule has 0 bridgehead atoms. The van der Waals surface area contributed by atoms with Crippen LogP contribution in [-0.2, 0) is 0 Å². The third kappa shape index (κ3) is 2.23. The fraction of sp³-hybridized carbons (Fsp3) is 0.333. The van der Waals surface area contributed by atoms with E-state index in [4.69, 9.17) is 0 Å². The predicted molar refractivity (Wildman–Crippen MR) is 55.1 cm³/mol. The first-order valence-corrected chi connectivity index (χ1v) is 4.48. The van der Waals surface area contributed by atoms with Gasteiger partial charge in [0.2, 0.25) is 0 Å². The van der Waals surface area contributed by atoms with Crippen LogP contribution in [0, 0.1) is 6.92 Å². The topological polar surface area (TPSA) is 0 Å². The molecule has 0 saturated heterocycles. The van der Waals surface area contributed by atoms with Gasteiger partial charge in [0.1, 0.15) is 0 Å². The summed E-state index contributed by atoms with van der Waals surface area (Å²) in [5, 5.41) is 0. The van der Waals surface area contributed by atoms with E-state index in [1.807, 2.05) is 0 Å². The molecule has 0 aliphatic heterocycles. The van der Waals surface area contributed by atoms with Crippen LogP contribution < -0.4 is 0 Å². The van der Waals surface area contributed by atoms with Gasteiger partial charge in [-0.1, -0.05) is 42.8 Å². The molecular formula is C12H16. The Hall–Kier alpha value is -1.04. The van der Waals surface area contributed by atoms with Gasteiger partial charge in [0.05, 0.1) is 0 Å². The molecule has 0 atom stereocenters. The third-order valence-corrected chi connectivity index (χ3v) is 2.02. The molecule has 0 amide bonds. The minimum Gasteiger partial charge on any atom is -0.0813 e. The summed E-state index contributed by atoms with van der Waals surface area (Å²) < 4.78 is 0. The van der Waals surface area contributed by atoms with Gasteiger partial charge in [-0.15, -0.1) is 0 Å². The van der Waals surface area contributed by atoms with E-state index in [0.717, 1.165) is 6.42 Å². The van der Waals surface area contributed by atoms with Crippen molar-refractivity contribution in [3.63, 3.8) is 0 Å². The molecule has 12 heavy (non-hydrogen) atoms. The van der Waals surface area contributed by atoms with E-state index in [9.17, 15) is 0 Å². The molecule has 0 fully saturated rings. The second kappa shape index (κ2) is 4.10. The summed E-state index contributed by atoms with van der Waals surface area (Å²) in [6, 6.07) is 8.66. The number of hydrogen-bond donors (Lipinski definition) is 0. The first-order chi connectivity index (χ1) is 5.74. The fourth-order valence-corrected chi connectivity index (χ4v) is 1.24. The van der Waals surface area contributed by atoms with E-state index < -0.39 is 0 Å². The van der Waals surface area contributed by atoms with Gasteiger partial charge in [-0.25, -0.2) is 0 Å². The van der Waals surface area contributed by atoms with E-state index in [-0.39, 0.29) is 0 Å². The van der Waals surface area contributed by atoms with Crippen LogP contribution >= 0.6 is 0 Å². The Labute approximate surface area is 74.9 Å². The van der Waals surface area contributed by atoms with Gasteiger partial charge in [0, 0.05) is 0 Å². The molecule has 0 aliphatic rings. The van der Waals surface area contributed by atoms with Crippen molar-refractivity contribution < 1.29 is 0 Å². The molecule has 0 radical (unpaired) electrons. The summed E-state index contributed by atoms with van der Waals surface area (Å²) in [5.74, 6) is 0. The lowest BCUT2D eigenvalue weighted by Gasteiger charge is -2.00. The maximum absolute atomic E-state index is 2.25. The van der Waals surface area contributed by atoms with Crippen LogP contribution in [0.5, 0.6) is 0 Å². The second-order valence-corrected chi connectivity index (χ2v) is 3.16. The van der Waals surface area contributed by atoms with Crippen LogP contribution in [0.1, 0.15) is 31.4 Å². The molecule has 0 heterocycles. The van der Waals surface area contributed by atoms with Crippen molar-refractivity contribution >= 4 is 5.57 Å². The van der Waals surface area contributed by atoms with Crippen molar-refractivity contribution in [1.82, 2.24) is 0 Å². The second-order valence-electron chi connectivity index (χ2n) is 3.16. The molecule has 0 aliphatic carbocycles. The maximum Gasteiger partial charge on any atom is -0.0230 e. The number of hydrogen-bond acceptors (Lipinski definition) is 0. The van der Waals surface area contributed by atoms with Crippen LogP contribution in [0.3, 0.4) is 0 Å². The Kier molecular flexibility index (Phi) is 3.09. The Bertz CT molecular complexity index is 265. The van der Waals surface area contributed by atoms with Gasteiger partial charge < -0.3 is 0 Å². The van der Waals surface area contributed by atoms with E-state index in [1.165, 1.54) is 16.7 Å². The van der Waals surface area contributed by atoms with Crippen LogP contribution in [0.15, 0.2) is 30.3 Å². The Morgan fingerprint density at radius 2 is 1.83 bits per heavy atom. The summed E-state index contributed by atoms with van der Waals surface area (Å²) in [5.41, 5.74) is 4.03. The van der Waals surface area contributed by atoms with Gasteiger partial charge in [0.25, 0.3) is 0 Å². The minimum atomic E-state index is 1.11. The van der Waals surface area contributed by atoms with E-state index in [0.29, 0.717) is 0 Å². The van der Waals surface area contributed by atoms with E-state index in [1.54, 1.807) is 0 Å². The van der Waals surface area contributed by atoms with Crippen molar-refractivity contribution in [2.24, 2.45) is 0 Å². The van der Waals surface area contributed by atoms with E-state index in [2.05, 4.69) is 51.1 Å². The Balaban J connectivity index is 2.89. The lowest BCUT2D eigenvalue weighted by Crippen LogP contribution is -1.79. The average molecular weight is 160 g/mol. The van der Waals surface area contributed by atoms with Crippen molar-refractivity contribution in [3.05, 3.63) is 41.5 Å². The standard InChI is InChI=1S/C12H16/c1-4-5-11(3)12-8-6-10(2)7-9-12/h5-9H,4H2,1-3H3. The Morgan fingerprint density at radius 3 is 2.33 bits per heavy atom. The van der Waals surface area contributed by atoms with Crippen LogP contribution in [0.2, 0.25) is 0 Å². The molecule has 0 spiro atoms. The van der Waals surface area contributed by atoms with Crippen LogP contribution in [-0.4, -0.2) is 0 Å². The molecule has 0 aromatic heterocycles. The van der Waals surface area contributed by atoms with Gasteiger partial charge in [-0.3, -0.25) is 0 Å². The molecule has 0 saturated carbocycles. The van der Waals surface area contributed by atoms with Crippen molar-refractivity contribution in [2.75, 3.05) is 0 Å². The predicted octanol–water partition coefficient (Wildman–Crippen LogP) is 3.81. The van der Waals surface area contributed by atoms with Crippen molar-refractivity contribution in [3.8, 4) is 0 Å². The molecule has 0 nitrogen and oxygen atoms in total. The third-order valence-electron chi connectivity index (χ3n) is 2.02. The molecule has 1 aromatic carbocycles. The van der Waals surface area contributed by atoms with Crippen molar-refractivity contribution in [1.29, 1.82) is 0 Å². The molecule has 0 N–H and O–H groups in total. The highest BCUT2D eigenvalue weighted by atomic mass is 14.0. The highest BCUT2D eigenvalue weighted by Gasteiger charge is 1.92. The zero-order valence-electron chi connectivity index (χ0n) is 8.09. The van der Waals surface area contributed by atoms with E-state index >= 15 is 0 Å². The minimum absolute atomic E-state index is 1.11. The van der Waals surface area contributed by atoms with Gasteiger partial charge in [0.15, 0.2) is 0 Å². The summed E-state index contributed by atoms with van der Waals surface area (Å²) in [7, 11) is 0. The zero-order chi connectivity index (χ0) is 8.97. The van der Waals surface area contributed by atoms with Gasteiger partial charge >= 0.3 is 0 Å². The maximum atomic E-state index is 2.25. The SMILES string of the molecule is CCC=C(C)c1ccc(C)cc1. The molecule has 64 valence electrons. The lowest BCUT2D eigenvalue weighted by atomic mass is 10.1. The molecule has 0 unspecified atom stereocenters. The first-order valence-electron chi connectivity index (χ1n) is 4.48. The number of rotatable bonds is 2. The lowest BCUT2D eigenvalue weighted by molar-refractivity contribution is 1.22. The van der Waals surface area contributed by atoms with Crippen LogP contribution in [0.4, 0.5) is 0 Å². The molecular weight excluding hydrogens is 144 g/mol. The summed E-state index contributed by atoms with van der Waals surface area (Å²) in [6.45, 7) is 6.44. The average Bonchev–Trinajstić information content (AvgIpc) is 2.06. The number of benzene rings is 1. The normalized spacial score (nSPS) is 11.8. The highest BCUT2D eigenvalue weighted by Crippen LogP contribution is 2.14.